The molecule has 0 radical (unpaired) electrons. The molecule has 1 aliphatic heterocycles. The SMILES string of the molecule is CCC(C)n1ccc(CN2CCC(CCN)CC2)n1. The maximum absolute atomic E-state index is 5.64. The fourth-order valence-electron chi connectivity index (χ4n) is 2.79. The lowest BCUT2D eigenvalue weighted by Crippen LogP contribution is -2.34. The third-order valence-corrected chi connectivity index (χ3v) is 4.37. The van der Waals surface area contributed by atoms with Crippen LogP contribution in [0.1, 0.15) is 51.3 Å². The first-order valence-electron chi connectivity index (χ1n) is 7.69. The zero-order valence-electron chi connectivity index (χ0n) is 12.4. The van der Waals surface area contributed by atoms with Gasteiger partial charge in [0.25, 0.3) is 0 Å². The van der Waals surface area contributed by atoms with Crippen molar-refractivity contribution in [2.75, 3.05) is 19.6 Å². The molecule has 1 atom stereocenters. The number of hydrogen-bond acceptors (Lipinski definition) is 3. The van der Waals surface area contributed by atoms with Crippen molar-refractivity contribution in [3.63, 3.8) is 0 Å². The van der Waals surface area contributed by atoms with Crippen LogP contribution in [0.3, 0.4) is 0 Å². The van der Waals surface area contributed by atoms with E-state index < -0.39 is 0 Å². The zero-order chi connectivity index (χ0) is 13.7. The van der Waals surface area contributed by atoms with E-state index in [1.54, 1.807) is 0 Å². The molecule has 1 unspecified atom stereocenters. The second-order valence-electron chi connectivity index (χ2n) is 5.84. The first kappa shape index (κ1) is 14.5. The highest BCUT2D eigenvalue weighted by Gasteiger charge is 2.19. The minimum atomic E-state index is 0.504. The molecule has 2 rings (SSSR count). The lowest BCUT2D eigenvalue weighted by atomic mass is 9.93. The smallest absolute Gasteiger partial charge is 0.0764 e. The van der Waals surface area contributed by atoms with Gasteiger partial charge in [-0.3, -0.25) is 9.58 Å². The minimum absolute atomic E-state index is 0.504. The minimum Gasteiger partial charge on any atom is -0.330 e. The molecule has 1 aromatic rings. The van der Waals surface area contributed by atoms with Crippen molar-refractivity contribution in [1.29, 1.82) is 0 Å². The summed E-state index contributed by atoms with van der Waals surface area (Å²) in [6, 6.07) is 2.67. The molecular formula is C15H28N4. The molecule has 108 valence electrons. The van der Waals surface area contributed by atoms with Gasteiger partial charge in [-0.25, -0.2) is 0 Å². The van der Waals surface area contributed by atoms with Gasteiger partial charge in [-0.1, -0.05) is 6.92 Å². The van der Waals surface area contributed by atoms with Gasteiger partial charge in [-0.05, 0) is 64.2 Å². The summed E-state index contributed by atoms with van der Waals surface area (Å²) in [6.07, 6.45) is 7.03. The monoisotopic (exact) mass is 264 g/mol. The number of rotatable bonds is 6. The van der Waals surface area contributed by atoms with E-state index in [4.69, 9.17) is 5.73 Å². The van der Waals surface area contributed by atoms with Crippen LogP contribution in [0.5, 0.6) is 0 Å². The molecule has 0 saturated carbocycles. The maximum Gasteiger partial charge on any atom is 0.0764 e. The van der Waals surface area contributed by atoms with Crippen molar-refractivity contribution in [1.82, 2.24) is 14.7 Å². The van der Waals surface area contributed by atoms with Crippen molar-refractivity contribution in [3.05, 3.63) is 18.0 Å². The topological polar surface area (TPSA) is 47.1 Å². The number of piperidine rings is 1. The van der Waals surface area contributed by atoms with Crippen LogP contribution < -0.4 is 5.73 Å². The van der Waals surface area contributed by atoms with Crippen LogP contribution in [0.15, 0.2) is 12.3 Å². The summed E-state index contributed by atoms with van der Waals surface area (Å²) in [5.74, 6) is 0.846. The average Bonchev–Trinajstić information content (AvgIpc) is 2.89. The highest BCUT2D eigenvalue weighted by atomic mass is 15.3. The lowest BCUT2D eigenvalue weighted by Gasteiger charge is -2.31. The van der Waals surface area contributed by atoms with Gasteiger partial charge in [0.2, 0.25) is 0 Å². The number of nitrogens with two attached hydrogens (primary N) is 1. The highest BCUT2D eigenvalue weighted by molar-refractivity contribution is 5.00. The van der Waals surface area contributed by atoms with E-state index in [1.807, 2.05) is 0 Å². The van der Waals surface area contributed by atoms with Gasteiger partial charge >= 0.3 is 0 Å². The third-order valence-electron chi connectivity index (χ3n) is 4.37. The Kier molecular flexibility index (Phi) is 5.40. The molecule has 0 spiro atoms. The molecule has 0 aromatic carbocycles. The number of hydrogen-bond donors (Lipinski definition) is 1. The molecule has 2 N–H and O–H groups in total. The lowest BCUT2D eigenvalue weighted by molar-refractivity contribution is 0.171. The summed E-state index contributed by atoms with van der Waals surface area (Å²) < 4.78 is 2.09. The van der Waals surface area contributed by atoms with Crippen LogP contribution in [0, 0.1) is 5.92 Å². The highest BCUT2D eigenvalue weighted by Crippen LogP contribution is 2.21. The van der Waals surface area contributed by atoms with Crippen molar-refractivity contribution >= 4 is 0 Å². The fourth-order valence-corrected chi connectivity index (χ4v) is 2.79. The summed E-state index contributed by atoms with van der Waals surface area (Å²) in [4.78, 5) is 2.52. The molecule has 0 amide bonds. The Morgan fingerprint density at radius 3 is 2.79 bits per heavy atom. The molecule has 1 fully saturated rings. The van der Waals surface area contributed by atoms with Gasteiger partial charge < -0.3 is 5.73 Å². The maximum atomic E-state index is 5.64. The van der Waals surface area contributed by atoms with Gasteiger partial charge in [-0.2, -0.15) is 5.10 Å². The fraction of sp³-hybridized carbons (Fsp3) is 0.800. The van der Waals surface area contributed by atoms with E-state index in [0.29, 0.717) is 6.04 Å². The van der Waals surface area contributed by atoms with Gasteiger partial charge in [0.1, 0.15) is 0 Å². The van der Waals surface area contributed by atoms with Gasteiger partial charge in [0.05, 0.1) is 5.69 Å². The molecular weight excluding hydrogens is 236 g/mol. The van der Waals surface area contributed by atoms with Crippen molar-refractivity contribution in [2.24, 2.45) is 11.7 Å². The molecule has 0 aliphatic carbocycles. The van der Waals surface area contributed by atoms with Crippen LogP contribution in [-0.2, 0) is 6.54 Å². The summed E-state index contributed by atoms with van der Waals surface area (Å²) >= 11 is 0. The second-order valence-corrected chi connectivity index (χ2v) is 5.84. The Bertz CT molecular complexity index is 366. The number of nitrogens with zero attached hydrogens (tertiary/aromatic N) is 3. The van der Waals surface area contributed by atoms with Crippen molar-refractivity contribution in [2.45, 2.75) is 52.1 Å². The van der Waals surface area contributed by atoms with Crippen molar-refractivity contribution in [3.8, 4) is 0 Å². The second kappa shape index (κ2) is 7.06. The van der Waals surface area contributed by atoms with Gasteiger partial charge in [0.15, 0.2) is 0 Å². The van der Waals surface area contributed by atoms with E-state index in [9.17, 15) is 0 Å². The Morgan fingerprint density at radius 1 is 1.42 bits per heavy atom. The predicted molar refractivity (Wildman–Crippen MR) is 78.9 cm³/mol. The molecule has 1 saturated heterocycles. The van der Waals surface area contributed by atoms with E-state index in [2.05, 4.69) is 40.8 Å². The molecule has 4 heteroatoms. The summed E-state index contributed by atoms with van der Waals surface area (Å²) in [5.41, 5.74) is 6.84. The van der Waals surface area contributed by atoms with Crippen LogP contribution >= 0.6 is 0 Å². The Hall–Kier alpha value is -0.870. The van der Waals surface area contributed by atoms with Crippen LogP contribution in [0.4, 0.5) is 0 Å². The first-order chi connectivity index (χ1) is 9.22. The predicted octanol–water partition coefficient (Wildman–Crippen LogP) is 2.41. The van der Waals surface area contributed by atoms with Gasteiger partial charge in [0, 0.05) is 18.8 Å². The van der Waals surface area contributed by atoms with E-state index in [-0.39, 0.29) is 0 Å². The molecule has 4 nitrogen and oxygen atoms in total. The molecule has 1 aliphatic rings. The third kappa shape index (κ3) is 4.05. The largest absolute Gasteiger partial charge is 0.330 e. The first-order valence-corrected chi connectivity index (χ1v) is 7.69. The number of aromatic nitrogens is 2. The normalized spacial score (nSPS) is 19.7. The quantitative estimate of drug-likeness (QED) is 0.858. The van der Waals surface area contributed by atoms with Crippen LogP contribution in [0.25, 0.3) is 0 Å². The molecule has 2 heterocycles. The Labute approximate surface area is 117 Å². The molecule has 1 aromatic heterocycles. The standard InChI is InChI=1S/C15H28N4/c1-3-13(2)19-11-7-15(17-19)12-18-9-5-14(4-8-16)6-10-18/h7,11,13-14H,3-6,8-10,12,16H2,1-2H3. The van der Waals surface area contributed by atoms with Crippen LogP contribution in [-0.4, -0.2) is 34.3 Å². The van der Waals surface area contributed by atoms with Gasteiger partial charge in [-0.15, -0.1) is 0 Å². The summed E-state index contributed by atoms with van der Waals surface area (Å²) in [6.45, 7) is 8.65. The van der Waals surface area contributed by atoms with Crippen LogP contribution in [0.2, 0.25) is 0 Å². The Morgan fingerprint density at radius 2 is 2.16 bits per heavy atom. The number of likely N-dealkylation sites (tertiary alicyclic amines) is 1. The summed E-state index contributed by atoms with van der Waals surface area (Å²) in [7, 11) is 0. The molecule has 0 bridgehead atoms. The van der Waals surface area contributed by atoms with Crippen molar-refractivity contribution < 1.29 is 0 Å². The summed E-state index contributed by atoms with van der Waals surface area (Å²) in [5, 5.41) is 4.69. The average molecular weight is 264 g/mol. The van der Waals surface area contributed by atoms with E-state index in [0.717, 1.165) is 25.4 Å². The van der Waals surface area contributed by atoms with E-state index >= 15 is 0 Å². The van der Waals surface area contributed by atoms with E-state index in [1.165, 1.54) is 38.0 Å². The molecule has 19 heavy (non-hydrogen) atoms. The Balaban J connectivity index is 1.80. The zero-order valence-corrected chi connectivity index (χ0v) is 12.4.